The van der Waals surface area contributed by atoms with Crippen molar-refractivity contribution in [3.05, 3.63) is 26.7 Å². The van der Waals surface area contributed by atoms with E-state index in [1.54, 1.807) is 12.1 Å². The van der Waals surface area contributed by atoms with Crippen LogP contribution in [-0.4, -0.2) is 0 Å². The highest BCUT2D eigenvalue weighted by Gasteiger charge is 2.03. The first kappa shape index (κ1) is 8.72. The minimum atomic E-state index is 0.486. The second-order valence-electron chi connectivity index (χ2n) is 1.69. The summed E-state index contributed by atoms with van der Waals surface area (Å²) in [6.45, 7) is 0. The molecule has 0 aliphatic heterocycles. The van der Waals surface area contributed by atoms with E-state index in [9.17, 15) is 0 Å². The van der Waals surface area contributed by atoms with Gasteiger partial charge < -0.3 is 0 Å². The van der Waals surface area contributed by atoms with E-state index in [0.717, 1.165) is 4.47 Å². The predicted molar refractivity (Wildman–Crippen MR) is 51.4 cm³/mol. The second kappa shape index (κ2) is 3.35. The summed E-state index contributed by atoms with van der Waals surface area (Å²) in [5, 5.41) is 1.01. The predicted octanol–water partition coefficient (Wildman–Crippen LogP) is 4.04. The third kappa shape index (κ3) is 1.62. The fourth-order valence-corrected chi connectivity index (χ4v) is 1.54. The van der Waals surface area contributed by atoms with E-state index in [4.69, 9.17) is 23.2 Å². The molecule has 0 fully saturated rings. The lowest BCUT2D eigenvalue weighted by Crippen LogP contribution is -1.73. The van der Waals surface area contributed by atoms with Crippen molar-refractivity contribution in [2.24, 2.45) is 0 Å². The van der Waals surface area contributed by atoms with Gasteiger partial charge in [0.05, 0.1) is 10.0 Å². The van der Waals surface area contributed by atoms with E-state index in [2.05, 4.69) is 28.6 Å². The van der Waals surface area contributed by atoms with Crippen LogP contribution in [0.15, 0.2) is 21.5 Å². The number of benzene rings is 1. The Labute approximate surface area is 83.1 Å². The van der Waals surface area contributed by atoms with Gasteiger partial charge in [0.25, 0.3) is 0 Å². The highest BCUT2D eigenvalue weighted by Crippen LogP contribution is 2.33. The Morgan fingerprint density at radius 1 is 1.30 bits per heavy atom. The molecule has 0 aliphatic carbocycles. The molecule has 0 spiro atoms. The molecule has 0 unspecified atom stereocenters. The van der Waals surface area contributed by atoms with Gasteiger partial charge in [0.1, 0.15) is 0 Å². The molecule has 0 aromatic heterocycles. The van der Waals surface area contributed by atoms with Crippen LogP contribution in [0.4, 0.5) is 0 Å². The minimum Gasteiger partial charge on any atom is -0.141 e. The summed E-state index contributed by atoms with van der Waals surface area (Å²) in [5.74, 6) is 0. The van der Waals surface area contributed by atoms with Gasteiger partial charge in [0.15, 0.2) is 0 Å². The second-order valence-corrected chi connectivity index (χ2v) is 3.78. The Morgan fingerprint density at radius 3 is 2.40 bits per heavy atom. The van der Waals surface area contributed by atoms with Crippen LogP contribution in [-0.2, 0) is 0 Å². The topological polar surface area (TPSA) is 0 Å². The third-order valence-corrected chi connectivity index (χ3v) is 3.39. The van der Waals surface area contributed by atoms with Crippen LogP contribution >= 0.6 is 51.8 Å². The van der Waals surface area contributed by atoms with Crippen molar-refractivity contribution in [2.45, 2.75) is 4.90 Å². The Hall–Kier alpha value is 0.630. The zero-order valence-corrected chi connectivity index (χ0v) is 8.73. The van der Waals surface area contributed by atoms with Crippen LogP contribution in [0.1, 0.15) is 0 Å². The smallest absolute Gasteiger partial charge is 0.0736 e. The summed E-state index contributed by atoms with van der Waals surface area (Å²) in [6, 6.07) is 3.52. The van der Waals surface area contributed by atoms with Crippen LogP contribution in [0.25, 0.3) is 0 Å². The summed E-state index contributed by atoms with van der Waals surface area (Å²) in [5.41, 5.74) is 0. The van der Waals surface area contributed by atoms with Crippen molar-refractivity contribution in [1.29, 1.82) is 0 Å². The molecule has 0 aliphatic rings. The lowest BCUT2D eigenvalue weighted by atomic mass is 10.4. The van der Waals surface area contributed by atoms with Gasteiger partial charge >= 0.3 is 0 Å². The van der Waals surface area contributed by atoms with Gasteiger partial charge in [0, 0.05) is 9.37 Å². The van der Waals surface area contributed by atoms with Gasteiger partial charge in [-0.1, -0.05) is 23.2 Å². The van der Waals surface area contributed by atoms with Gasteiger partial charge in [-0.05, 0) is 28.1 Å². The van der Waals surface area contributed by atoms with Crippen molar-refractivity contribution in [1.82, 2.24) is 0 Å². The highest BCUT2D eigenvalue weighted by molar-refractivity contribution is 9.10. The molecule has 0 heterocycles. The average molecular weight is 258 g/mol. The summed E-state index contributed by atoms with van der Waals surface area (Å²) in [4.78, 5) is 0.675. The number of hydrogen-bond acceptors (Lipinski definition) is 1. The van der Waals surface area contributed by atoms with Crippen LogP contribution in [0, 0.1) is 0 Å². The van der Waals surface area contributed by atoms with Gasteiger partial charge in [0.2, 0.25) is 0 Å². The lowest BCUT2D eigenvalue weighted by Gasteiger charge is -2.00. The fourth-order valence-electron chi connectivity index (χ4n) is 0.516. The normalized spacial score (nSPS) is 10.0. The zero-order chi connectivity index (χ0) is 7.72. The van der Waals surface area contributed by atoms with E-state index < -0.39 is 0 Å². The molecular weight excluding hydrogens is 255 g/mol. The third-order valence-electron chi connectivity index (χ3n) is 1.02. The lowest BCUT2D eigenvalue weighted by molar-refractivity contribution is 1.42. The first-order valence-electron chi connectivity index (χ1n) is 2.45. The molecule has 0 bridgehead atoms. The minimum absolute atomic E-state index is 0.486. The summed E-state index contributed by atoms with van der Waals surface area (Å²) in [6.07, 6.45) is 0. The van der Waals surface area contributed by atoms with Gasteiger partial charge in [-0.3, -0.25) is 0 Å². The van der Waals surface area contributed by atoms with Gasteiger partial charge in [-0.15, -0.1) is 12.6 Å². The van der Waals surface area contributed by atoms with Crippen molar-refractivity contribution in [3.63, 3.8) is 0 Å². The Kier molecular flexibility index (Phi) is 2.92. The van der Waals surface area contributed by atoms with E-state index in [0.29, 0.717) is 14.9 Å². The fraction of sp³-hybridized carbons (Fsp3) is 0. The molecular formula is C6H3BrCl2S. The van der Waals surface area contributed by atoms with Crippen LogP contribution in [0.3, 0.4) is 0 Å². The maximum atomic E-state index is 5.74. The summed E-state index contributed by atoms with van der Waals surface area (Å²) >= 11 is 18.8. The van der Waals surface area contributed by atoms with Crippen LogP contribution < -0.4 is 0 Å². The van der Waals surface area contributed by atoms with E-state index in [-0.39, 0.29) is 0 Å². The zero-order valence-electron chi connectivity index (χ0n) is 4.74. The highest BCUT2D eigenvalue weighted by atomic mass is 79.9. The first-order valence-corrected chi connectivity index (χ1v) is 4.45. The Balaban J connectivity index is 3.34. The summed E-state index contributed by atoms with van der Waals surface area (Å²) < 4.78 is 0.852. The molecule has 0 saturated heterocycles. The van der Waals surface area contributed by atoms with Gasteiger partial charge in [-0.25, -0.2) is 0 Å². The Morgan fingerprint density at radius 2 is 1.90 bits per heavy atom. The van der Waals surface area contributed by atoms with Crippen LogP contribution in [0.2, 0.25) is 10.0 Å². The van der Waals surface area contributed by atoms with E-state index in [1.165, 1.54) is 0 Å². The molecule has 1 aromatic carbocycles. The number of thiol groups is 1. The van der Waals surface area contributed by atoms with E-state index in [1.807, 2.05) is 0 Å². The maximum absolute atomic E-state index is 5.74. The molecule has 0 saturated carbocycles. The van der Waals surface area contributed by atoms with Crippen molar-refractivity contribution in [3.8, 4) is 0 Å². The molecule has 0 nitrogen and oxygen atoms in total. The first-order chi connectivity index (χ1) is 4.63. The van der Waals surface area contributed by atoms with Crippen molar-refractivity contribution >= 4 is 51.8 Å². The molecule has 54 valence electrons. The molecule has 0 N–H and O–H groups in total. The number of rotatable bonds is 0. The van der Waals surface area contributed by atoms with Gasteiger partial charge in [-0.2, -0.15) is 0 Å². The average Bonchev–Trinajstić information content (AvgIpc) is 1.93. The largest absolute Gasteiger partial charge is 0.141 e. The molecule has 0 amide bonds. The monoisotopic (exact) mass is 256 g/mol. The maximum Gasteiger partial charge on any atom is 0.0736 e. The van der Waals surface area contributed by atoms with E-state index >= 15 is 0 Å². The number of hydrogen-bond donors (Lipinski definition) is 1. The Bertz CT molecular complexity index is 235. The summed E-state index contributed by atoms with van der Waals surface area (Å²) in [7, 11) is 0. The standard InChI is InChI=1S/C6H3BrCl2S/c7-3-1-2-4(8)5(9)6(3)10/h1-2,10H. The molecule has 4 heteroatoms. The molecule has 0 atom stereocenters. The quantitative estimate of drug-likeness (QED) is 0.526. The van der Waals surface area contributed by atoms with Crippen LogP contribution in [0.5, 0.6) is 0 Å². The SMILES string of the molecule is Sc1c(Br)ccc(Cl)c1Cl. The molecule has 10 heavy (non-hydrogen) atoms. The molecule has 1 rings (SSSR count). The molecule has 0 radical (unpaired) electrons. The van der Waals surface area contributed by atoms with Crippen molar-refractivity contribution < 1.29 is 0 Å². The number of halogens is 3. The molecule has 1 aromatic rings. The van der Waals surface area contributed by atoms with Crippen molar-refractivity contribution in [2.75, 3.05) is 0 Å².